The molecule has 0 aliphatic heterocycles. The molecule has 0 spiro atoms. The summed E-state index contributed by atoms with van der Waals surface area (Å²) in [5, 5.41) is 4.12. The molecule has 5 heteroatoms. The molecule has 0 aliphatic rings. The summed E-state index contributed by atoms with van der Waals surface area (Å²) in [6.45, 7) is 4.74. The molecule has 3 rings (SSSR count). The van der Waals surface area contributed by atoms with Gasteiger partial charge in [-0.25, -0.2) is 15.0 Å². The number of methoxy groups -OCH3 is 1. The number of rotatable bonds is 4. The molecule has 0 saturated heterocycles. The maximum absolute atomic E-state index is 5.24. The largest absolute Gasteiger partial charge is 0.378 e. The third kappa shape index (κ3) is 2.66. The normalized spacial score (nSPS) is 11.4. The monoisotopic (exact) mass is 298 g/mol. The number of benzene rings is 1. The fraction of sp³-hybridized carbons (Fsp3) is 0.312. The van der Waals surface area contributed by atoms with Crippen LogP contribution in [0.25, 0.3) is 21.5 Å². The maximum Gasteiger partial charge on any atom is 0.198 e. The van der Waals surface area contributed by atoms with E-state index in [-0.39, 0.29) is 0 Å². The molecule has 107 valence electrons. The molecule has 0 amide bonds. The quantitative estimate of drug-likeness (QED) is 0.734. The van der Waals surface area contributed by atoms with Gasteiger partial charge in [0.25, 0.3) is 0 Å². The molecule has 1 aromatic carbocycles. The zero-order valence-corrected chi connectivity index (χ0v) is 13.1. The van der Waals surface area contributed by atoms with Gasteiger partial charge < -0.3 is 4.74 Å². The molecule has 0 fully saturated rings. The highest BCUT2D eigenvalue weighted by atomic mass is 32.1. The van der Waals surface area contributed by atoms with E-state index < -0.39 is 0 Å². The first kappa shape index (κ1) is 14.1. The first-order chi connectivity index (χ1) is 10.2. The molecule has 0 saturated carbocycles. The Morgan fingerprint density at radius 3 is 2.86 bits per heavy atom. The van der Waals surface area contributed by atoms with Crippen LogP contribution in [0, 0.1) is 6.33 Å². The van der Waals surface area contributed by atoms with Gasteiger partial charge in [0.1, 0.15) is 5.01 Å². The van der Waals surface area contributed by atoms with Crippen molar-refractivity contribution < 1.29 is 4.74 Å². The molecule has 0 atom stereocenters. The second kappa shape index (κ2) is 5.87. The Bertz CT molecular complexity index is 762. The molecule has 1 radical (unpaired) electrons. The van der Waals surface area contributed by atoms with E-state index in [1.807, 2.05) is 12.1 Å². The second-order valence-corrected chi connectivity index (χ2v) is 5.99. The molecule has 4 nitrogen and oxygen atoms in total. The predicted octanol–water partition coefficient (Wildman–Crippen LogP) is 3.82. The third-order valence-corrected chi connectivity index (χ3v) is 4.21. The minimum atomic E-state index is 0.424. The van der Waals surface area contributed by atoms with Gasteiger partial charge in [0, 0.05) is 23.4 Å². The summed E-state index contributed by atoms with van der Waals surface area (Å²) in [4.78, 5) is 13.2. The Kier molecular flexibility index (Phi) is 3.94. The Balaban J connectivity index is 2.21. The molecule has 0 aliphatic carbocycles. The molecule has 21 heavy (non-hydrogen) atoms. The molecule has 2 aromatic heterocycles. The van der Waals surface area contributed by atoms with E-state index in [2.05, 4.69) is 41.6 Å². The van der Waals surface area contributed by atoms with Gasteiger partial charge in [-0.3, -0.25) is 0 Å². The lowest BCUT2D eigenvalue weighted by atomic mass is 10.1. The van der Waals surface area contributed by atoms with Gasteiger partial charge in [0.05, 0.1) is 23.5 Å². The maximum atomic E-state index is 5.24. The molecule has 0 unspecified atom stereocenters. The van der Waals surface area contributed by atoms with Crippen LogP contribution in [0.2, 0.25) is 0 Å². The summed E-state index contributed by atoms with van der Waals surface area (Å²) in [7, 11) is 1.66. The van der Waals surface area contributed by atoms with Crippen molar-refractivity contribution in [2.24, 2.45) is 0 Å². The van der Waals surface area contributed by atoms with Crippen LogP contribution in [0.3, 0.4) is 0 Å². The summed E-state index contributed by atoms with van der Waals surface area (Å²) in [6, 6.07) is 6.02. The van der Waals surface area contributed by atoms with E-state index >= 15 is 0 Å². The van der Waals surface area contributed by atoms with E-state index in [9.17, 15) is 0 Å². The van der Waals surface area contributed by atoms with Gasteiger partial charge in [-0.1, -0.05) is 26.0 Å². The zero-order chi connectivity index (χ0) is 14.8. The number of aromatic nitrogens is 3. The first-order valence-corrected chi connectivity index (χ1v) is 7.69. The molecular weight excluding hydrogens is 282 g/mol. The Morgan fingerprint density at radius 2 is 2.14 bits per heavy atom. The predicted molar refractivity (Wildman–Crippen MR) is 84.3 cm³/mol. The van der Waals surface area contributed by atoms with E-state index in [4.69, 9.17) is 9.72 Å². The molecule has 2 heterocycles. The fourth-order valence-corrected chi connectivity index (χ4v) is 3.24. The van der Waals surface area contributed by atoms with Crippen molar-refractivity contribution in [1.82, 2.24) is 15.0 Å². The Morgan fingerprint density at radius 1 is 1.29 bits per heavy atom. The lowest BCUT2D eigenvalue weighted by Crippen LogP contribution is -1.97. The highest BCUT2D eigenvalue weighted by molar-refractivity contribution is 7.13. The lowest BCUT2D eigenvalue weighted by Gasteiger charge is -2.07. The van der Waals surface area contributed by atoms with Crippen molar-refractivity contribution >= 4 is 22.2 Å². The number of hydrogen-bond donors (Lipinski definition) is 0. The van der Waals surface area contributed by atoms with Crippen molar-refractivity contribution in [3.05, 3.63) is 41.3 Å². The standard InChI is InChI=1S/C16H16N3OS/c1-10(2)14-8-21-16(19-14)11-5-4-6-12-15(11)13(7-20-3)18-9-17-12/h4-6,8,10H,7H2,1-3H3. The van der Waals surface area contributed by atoms with Gasteiger partial charge in [0.15, 0.2) is 6.33 Å². The summed E-state index contributed by atoms with van der Waals surface area (Å²) in [5.41, 5.74) is 3.89. The van der Waals surface area contributed by atoms with Crippen molar-refractivity contribution in [2.45, 2.75) is 26.4 Å². The summed E-state index contributed by atoms with van der Waals surface area (Å²) in [5.74, 6) is 0.424. The smallest absolute Gasteiger partial charge is 0.198 e. The van der Waals surface area contributed by atoms with Crippen LogP contribution in [-0.2, 0) is 11.3 Å². The highest BCUT2D eigenvalue weighted by Gasteiger charge is 2.14. The molecule has 0 N–H and O–H groups in total. The van der Waals surface area contributed by atoms with Crippen LogP contribution in [0.4, 0.5) is 0 Å². The van der Waals surface area contributed by atoms with Crippen molar-refractivity contribution in [2.75, 3.05) is 7.11 Å². The zero-order valence-electron chi connectivity index (χ0n) is 12.3. The lowest BCUT2D eigenvalue weighted by molar-refractivity contribution is 0.182. The molecule has 3 aromatic rings. The van der Waals surface area contributed by atoms with Crippen LogP contribution in [-0.4, -0.2) is 22.1 Å². The number of ether oxygens (including phenoxy) is 1. The number of nitrogens with zero attached hydrogens (tertiary/aromatic N) is 3. The van der Waals surface area contributed by atoms with Gasteiger partial charge in [-0.05, 0) is 12.0 Å². The van der Waals surface area contributed by atoms with Crippen LogP contribution < -0.4 is 0 Å². The van der Waals surface area contributed by atoms with Crippen LogP contribution >= 0.6 is 11.3 Å². The average molecular weight is 298 g/mol. The van der Waals surface area contributed by atoms with E-state index in [1.165, 1.54) is 0 Å². The van der Waals surface area contributed by atoms with Gasteiger partial charge in [-0.15, -0.1) is 11.3 Å². The second-order valence-electron chi connectivity index (χ2n) is 5.14. The SMILES string of the molecule is COCc1n[c]nc2cccc(-c3nc(C(C)C)cs3)c12. The van der Waals surface area contributed by atoms with E-state index in [1.54, 1.807) is 18.4 Å². The summed E-state index contributed by atoms with van der Waals surface area (Å²) >= 11 is 1.65. The highest BCUT2D eigenvalue weighted by Crippen LogP contribution is 2.33. The first-order valence-electron chi connectivity index (χ1n) is 6.81. The van der Waals surface area contributed by atoms with Crippen molar-refractivity contribution in [1.29, 1.82) is 0 Å². The minimum absolute atomic E-state index is 0.424. The summed E-state index contributed by atoms with van der Waals surface area (Å²) < 4.78 is 5.24. The average Bonchev–Trinajstić information content (AvgIpc) is 2.97. The van der Waals surface area contributed by atoms with E-state index in [0.717, 1.165) is 32.9 Å². The number of hydrogen-bond acceptors (Lipinski definition) is 5. The van der Waals surface area contributed by atoms with Crippen molar-refractivity contribution in [3.8, 4) is 10.6 Å². The number of thiazole rings is 1. The third-order valence-electron chi connectivity index (χ3n) is 3.31. The van der Waals surface area contributed by atoms with Crippen LogP contribution in [0.5, 0.6) is 0 Å². The topological polar surface area (TPSA) is 47.9 Å². The number of fused-ring (bicyclic) bond motifs is 1. The van der Waals surface area contributed by atoms with Crippen molar-refractivity contribution in [3.63, 3.8) is 0 Å². The van der Waals surface area contributed by atoms with Gasteiger partial charge in [0.2, 0.25) is 0 Å². The molecular formula is C16H16N3OS. The fourth-order valence-electron chi connectivity index (χ4n) is 2.23. The minimum Gasteiger partial charge on any atom is -0.378 e. The van der Waals surface area contributed by atoms with Gasteiger partial charge >= 0.3 is 0 Å². The summed E-state index contributed by atoms with van der Waals surface area (Å²) in [6.07, 6.45) is 2.69. The Labute approximate surface area is 127 Å². The Hall–Kier alpha value is -1.85. The molecule has 0 bridgehead atoms. The van der Waals surface area contributed by atoms with Crippen LogP contribution in [0.1, 0.15) is 31.2 Å². The van der Waals surface area contributed by atoms with E-state index in [0.29, 0.717) is 12.5 Å². The van der Waals surface area contributed by atoms with Crippen LogP contribution in [0.15, 0.2) is 23.6 Å². The van der Waals surface area contributed by atoms with Gasteiger partial charge in [-0.2, -0.15) is 0 Å².